The number of amides is 2. The van der Waals surface area contributed by atoms with Crippen molar-refractivity contribution in [1.29, 1.82) is 0 Å². The van der Waals surface area contributed by atoms with Crippen molar-refractivity contribution in [2.45, 2.75) is 99.2 Å². The van der Waals surface area contributed by atoms with Crippen LogP contribution in [-0.2, 0) is 28.7 Å². The summed E-state index contributed by atoms with van der Waals surface area (Å²) in [5.41, 5.74) is -1.27. The molecular formula is C38H46N2Na2O22. The number of aliphatic hydroxyl groups excluding tert-OH is 8. The van der Waals surface area contributed by atoms with Crippen LogP contribution < -0.4 is 30.3 Å². The molecule has 64 heavy (non-hydrogen) atoms. The molecule has 1 aromatic heterocycles. The van der Waals surface area contributed by atoms with Crippen molar-refractivity contribution >= 4 is 93.8 Å². The Morgan fingerprint density at radius 2 is 1.23 bits per heavy atom. The Balaban J connectivity index is 0.00000544. The molecule has 5 rings (SSSR count). The van der Waals surface area contributed by atoms with E-state index in [9.17, 15) is 80.1 Å². The molecule has 0 bridgehead atoms. The van der Waals surface area contributed by atoms with Crippen LogP contribution in [0.3, 0.4) is 0 Å². The number of benzene rings is 2. The van der Waals surface area contributed by atoms with Gasteiger partial charge in [-0.2, -0.15) is 0 Å². The van der Waals surface area contributed by atoms with Gasteiger partial charge in [-0.1, -0.05) is 0 Å². The molecule has 2 aromatic carbocycles. The summed E-state index contributed by atoms with van der Waals surface area (Å²) < 4.78 is 34.2. The fourth-order valence-electron chi connectivity index (χ4n) is 7.20. The number of aliphatic hydroxyl groups is 8. The number of ether oxygens (including phenoxy) is 5. The van der Waals surface area contributed by atoms with Gasteiger partial charge in [0.25, 0.3) is 0 Å². The van der Waals surface area contributed by atoms with E-state index < -0.39 is 156 Å². The smallest absolute Gasteiger partial charge is 0.377 e. The van der Waals surface area contributed by atoms with Crippen molar-refractivity contribution in [2.75, 3.05) is 20.3 Å². The number of rotatable bonds is 16. The third-order valence-electron chi connectivity index (χ3n) is 10.2. The number of carboxylic acids is 2. The van der Waals surface area contributed by atoms with Crippen molar-refractivity contribution in [2.24, 2.45) is 0 Å². The molecule has 13 N–H and O–H groups in total. The van der Waals surface area contributed by atoms with Gasteiger partial charge >= 0.3 is 23.5 Å². The van der Waals surface area contributed by atoms with Gasteiger partial charge in [-0.25, -0.2) is 9.59 Å². The summed E-state index contributed by atoms with van der Waals surface area (Å²) in [6.07, 6.45) is -17.0. The van der Waals surface area contributed by atoms with E-state index in [4.69, 9.17) is 28.1 Å². The SMILES string of the molecule is COc1c(O[C@]2(C(=O)O)C[C@H](O)[C@@H](NC(C)=O)[C@H]([C@H](O)[C@H](O)CO)O2)cc(O)c2c(=O)cc(-c3ccc(O[C@]4(C(=O)O)C[C@H](O)[C@@H](NC(C)=O)[C@H]([C@H](O)[C@H](O)CO)O4)cc3)oc12.[Na].[Na]. The molecule has 2 radical (unpaired) electrons. The number of carboxylic acid groups (broad SMARTS) is 2. The van der Waals surface area contributed by atoms with E-state index in [1.807, 2.05) is 0 Å². The summed E-state index contributed by atoms with van der Waals surface area (Å²) in [5, 5.41) is 118. The fourth-order valence-corrected chi connectivity index (χ4v) is 7.20. The summed E-state index contributed by atoms with van der Waals surface area (Å²) in [5.74, 6) is -13.2. The maximum Gasteiger partial charge on any atom is 0.377 e. The first-order valence-electron chi connectivity index (χ1n) is 18.7. The molecule has 2 fully saturated rings. The molecule has 0 aliphatic carbocycles. The number of carbonyl (C=O) groups is 4. The van der Waals surface area contributed by atoms with Crippen LogP contribution in [0.2, 0.25) is 0 Å². The zero-order chi connectivity index (χ0) is 46.0. The van der Waals surface area contributed by atoms with Crippen LogP contribution in [0.1, 0.15) is 26.7 Å². The summed E-state index contributed by atoms with van der Waals surface area (Å²) in [6, 6.07) is 3.70. The van der Waals surface area contributed by atoms with Gasteiger partial charge in [-0.05, 0) is 24.3 Å². The number of nitrogens with one attached hydrogen (secondary N) is 2. The molecule has 3 heterocycles. The van der Waals surface area contributed by atoms with Gasteiger partial charge in [-0.3, -0.25) is 14.4 Å². The summed E-state index contributed by atoms with van der Waals surface area (Å²) >= 11 is 0. The van der Waals surface area contributed by atoms with Crippen LogP contribution in [0.5, 0.6) is 23.0 Å². The van der Waals surface area contributed by atoms with E-state index in [0.29, 0.717) is 0 Å². The van der Waals surface area contributed by atoms with Crippen LogP contribution in [0.15, 0.2) is 45.6 Å². The summed E-state index contributed by atoms with van der Waals surface area (Å²) in [4.78, 5) is 62.7. The Morgan fingerprint density at radius 3 is 1.64 bits per heavy atom. The molecule has 3 aromatic rings. The minimum atomic E-state index is -2.96. The molecule has 0 unspecified atom stereocenters. The van der Waals surface area contributed by atoms with Crippen molar-refractivity contribution in [3.05, 3.63) is 46.6 Å². The molecule has 2 aliphatic heterocycles. The van der Waals surface area contributed by atoms with Gasteiger partial charge in [0.15, 0.2) is 16.8 Å². The van der Waals surface area contributed by atoms with Gasteiger partial charge in [0.1, 0.15) is 59.3 Å². The average molecular weight is 929 g/mol. The monoisotopic (exact) mass is 928 g/mol. The maximum atomic E-state index is 13.5. The van der Waals surface area contributed by atoms with Crippen LogP contribution in [0.4, 0.5) is 0 Å². The Kier molecular flexibility index (Phi) is 19.0. The Morgan fingerprint density at radius 1 is 0.781 bits per heavy atom. The van der Waals surface area contributed by atoms with E-state index in [0.717, 1.165) is 33.1 Å². The molecule has 26 heteroatoms. The van der Waals surface area contributed by atoms with E-state index in [-0.39, 0.29) is 76.2 Å². The standard InChI is InChI=1S/C38H46N2O22.2Na/c1-14(43)39-27-20(47)10-37(35(53)54,61-33(27)29(51)22(49)12-41)59-17-6-4-16(5-7-17)24-8-18(45)26-19(46)9-25(31(57-3)32(26)58-24)60-38(36(55)56)11-21(48)28(40-15(2)44)34(62-38)30(52)23(50)13-42;;/h4-9,20-23,27-30,33-34,41-42,46-52H,10-13H2,1-3H3,(H,39,43)(H,40,44)(H,53,54)(H,55,56);;/t20-,21-,22+,23+,27+,28+,29+,30+,33+,34+,37+,38+;;/m0../s1. The van der Waals surface area contributed by atoms with Crippen LogP contribution >= 0.6 is 0 Å². The first-order chi connectivity index (χ1) is 29.1. The number of carbonyl (C=O) groups excluding carboxylic acids is 2. The number of hydrogen-bond donors (Lipinski definition) is 13. The number of methoxy groups -OCH3 is 1. The molecule has 24 nitrogen and oxygen atoms in total. The van der Waals surface area contributed by atoms with E-state index in [2.05, 4.69) is 10.6 Å². The fraction of sp³-hybridized carbons (Fsp3) is 0.500. The number of phenols is 1. The largest absolute Gasteiger partial charge is 0.507 e. The van der Waals surface area contributed by atoms with Crippen LogP contribution in [-0.4, -0.2) is 232 Å². The Bertz CT molecular complexity index is 2210. The van der Waals surface area contributed by atoms with E-state index in [1.54, 1.807) is 0 Å². The van der Waals surface area contributed by atoms with Gasteiger partial charge in [0, 0.05) is 90.7 Å². The second-order valence-electron chi connectivity index (χ2n) is 14.6. The normalized spacial score (nSPS) is 27.3. The molecular weight excluding hydrogens is 882 g/mol. The molecule has 12 atom stereocenters. The Labute approximate surface area is 405 Å². The second kappa shape index (κ2) is 22.2. The number of phenolic OH excluding ortho intramolecular Hbond substituents is 1. The Hall–Kier alpha value is -3.67. The number of hydrogen-bond acceptors (Lipinski definition) is 20. The average Bonchev–Trinajstić information content (AvgIpc) is 3.21. The third kappa shape index (κ3) is 11.3. The van der Waals surface area contributed by atoms with Gasteiger partial charge < -0.3 is 94.9 Å². The zero-order valence-corrected chi connectivity index (χ0v) is 39.0. The topological polar surface area (TPSA) is 391 Å². The molecule has 0 saturated carbocycles. The number of fused-ring (bicyclic) bond motifs is 1. The van der Waals surface area contributed by atoms with Crippen molar-refractivity contribution < 1.29 is 103 Å². The maximum absolute atomic E-state index is 13.5. The predicted octanol–water partition coefficient (Wildman–Crippen LogP) is -4.53. The van der Waals surface area contributed by atoms with Gasteiger partial charge in [0.2, 0.25) is 17.6 Å². The minimum Gasteiger partial charge on any atom is -0.507 e. The minimum absolute atomic E-state index is 0. The first kappa shape index (κ1) is 54.7. The summed E-state index contributed by atoms with van der Waals surface area (Å²) in [7, 11) is 1.06. The van der Waals surface area contributed by atoms with Gasteiger partial charge in [0.05, 0.1) is 57.5 Å². The zero-order valence-electron chi connectivity index (χ0n) is 35.0. The molecule has 2 amide bonds. The van der Waals surface area contributed by atoms with Crippen molar-refractivity contribution in [1.82, 2.24) is 10.6 Å². The number of aliphatic carboxylic acids is 2. The molecule has 2 saturated heterocycles. The van der Waals surface area contributed by atoms with Crippen molar-refractivity contribution in [3.63, 3.8) is 0 Å². The van der Waals surface area contributed by atoms with Crippen molar-refractivity contribution in [3.8, 4) is 34.3 Å². The first-order valence-corrected chi connectivity index (χ1v) is 18.7. The number of aromatic hydroxyl groups is 1. The molecule has 2 aliphatic rings. The second-order valence-corrected chi connectivity index (χ2v) is 14.6. The van der Waals surface area contributed by atoms with E-state index in [1.165, 1.54) is 24.3 Å². The quantitative estimate of drug-likeness (QED) is 0.0602. The van der Waals surface area contributed by atoms with Crippen LogP contribution in [0, 0.1) is 0 Å². The molecule has 342 valence electrons. The van der Waals surface area contributed by atoms with E-state index >= 15 is 0 Å². The molecule has 0 spiro atoms. The van der Waals surface area contributed by atoms with Gasteiger partial charge in [-0.15, -0.1) is 0 Å². The summed E-state index contributed by atoms with van der Waals surface area (Å²) in [6.45, 7) is 0.0931. The van der Waals surface area contributed by atoms with Crippen LogP contribution in [0.25, 0.3) is 22.3 Å². The predicted molar refractivity (Wildman–Crippen MR) is 214 cm³/mol. The third-order valence-corrected chi connectivity index (χ3v) is 10.2.